The number of unbranched alkanes of at least 4 members (excludes halogenated alkanes) is 24. The summed E-state index contributed by atoms with van der Waals surface area (Å²) in [5.74, 6) is -2.50. The van der Waals surface area contributed by atoms with Crippen molar-refractivity contribution in [1.82, 2.24) is 5.32 Å². The number of benzene rings is 2. The van der Waals surface area contributed by atoms with Gasteiger partial charge in [0.2, 0.25) is 5.91 Å². The fourth-order valence-electron chi connectivity index (χ4n) is 10.5. The monoisotopic (exact) mass is 1310 g/mol. The molecule has 23 nitrogen and oxygen atoms in total. The summed E-state index contributed by atoms with van der Waals surface area (Å²) in [7, 11) is -22.9. The number of phosphoric ester groups is 4. The molecule has 498 valence electrons. The first-order chi connectivity index (χ1) is 41.3. The van der Waals surface area contributed by atoms with E-state index in [1.807, 2.05) is 0 Å². The van der Waals surface area contributed by atoms with Gasteiger partial charge in [-0.1, -0.05) is 223 Å². The van der Waals surface area contributed by atoms with Crippen molar-refractivity contribution in [2.75, 3.05) is 19.8 Å². The van der Waals surface area contributed by atoms with Crippen molar-refractivity contribution in [3.63, 3.8) is 0 Å². The standard InChI is InChI=1S/C60H101NO22P4/c1-3-5-7-9-11-13-15-17-19-21-23-25-30-35-51(62)45-50(52(63)36-31-26-24-22-20-18-16-14-12-10-8-6-4-2)46-79-87(77,78-44-32-43-61-53(64)42-39-47-37-40-49(41-38-47)54(65)48-33-28-27-29-34-48)83-57-55(66)58(80-84(68,69)70)60(82-86(74,75)76)59(56(57)67)81-85(71,72)73/h27-29,33-34,37-38,40-41,50,55-60,66-67H,3-26,30-32,35-36,39,42-46H2,1-2H3,(H,61,64)(H2,68,69,70)(H2,71,72,73)(H2,74,75,76)/t50-,55-,56-,57?,58-,59+,60?,87?/m0/s1. The van der Waals surface area contributed by atoms with Gasteiger partial charge in [-0.3, -0.25) is 32.7 Å². The lowest BCUT2D eigenvalue weighted by atomic mass is 9.85. The predicted molar refractivity (Wildman–Crippen MR) is 327 cm³/mol. The molecule has 1 aliphatic rings. The van der Waals surface area contributed by atoms with E-state index in [0.717, 1.165) is 69.8 Å². The zero-order valence-electron chi connectivity index (χ0n) is 51.1. The van der Waals surface area contributed by atoms with E-state index < -0.39 is 99.1 Å². The number of carbonyl (C=O) groups excluding carboxylic acids is 4. The zero-order valence-corrected chi connectivity index (χ0v) is 54.6. The molecule has 0 saturated heterocycles. The minimum Gasteiger partial charge on any atom is -0.606 e. The smallest absolute Gasteiger partial charge is 0.470 e. The molecule has 9 N–H and O–H groups in total. The minimum atomic E-state index is -5.85. The molecule has 0 heterocycles. The maximum absolute atomic E-state index is 14.9. The Morgan fingerprint density at radius 3 is 1.38 bits per heavy atom. The number of aliphatic hydroxyl groups excluding tert-OH is 2. The Labute approximate surface area is 515 Å². The van der Waals surface area contributed by atoms with Crippen molar-refractivity contribution < 1.29 is 104 Å². The Bertz CT molecular complexity index is 2350. The van der Waals surface area contributed by atoms with Crippen LogP contribution in [-0.2, 0) is 61.6 Å². The van der Waals surface area contributed by atoms with Crippen LogP contribution in [-0.4, -0.2) is 119 Å². The quantitative estimate of drug-likeness (QED) is 0.0169. The van der Waals surface area contributed by atoms with Crippen LogP contribution in [0.4, 0.5) is 0 Å². The van der Waals surface area contributed by atoms with Crippen LogP contribution in [0, 0.1) is 5.92 Å². The van der Waals surface area contributed by atoms with Crippen molar-refractivity contribution in [2.24, 2.45) is 5.92 Å². The van der Waals surface area contributed by atoms with Crippen LogP contribution in [0.1, 0.15) is 234 Å². The fraction of sp³-hybridized carbons (Fsp3) is 0.733. The molecule has 2 aromatic rings. The van der Waals surface area contributed by atoms with Gasteiger partial charge >= 0.3 is 31.6 Å². The molecule has 8 atom stereocenters. The molecule has 0 bridgehead atoms. The van der Waals surface area contributed by atoms with E-state index in [-0.39, 0.29) is 50.2 Å². The third-order valence-corrected chi connectivity index (χ3v) is 18.3. The number of hydrogen-bond acceptors (Lipinski definition) is 16. The maximum atomic E-state index is 14.9. The van der Waals surface area contributed by atoms with Gasteiger partial charge in [0.1, 0.15) is 48.7 Å². The van der Waals surface area contributed by atoms with E-state index in [2.05, 4.69) is 32.7 Å². The second kappa shape index (κ2) is 43.3. The SMILES string of the molecule is CCCCCCCCCCCCCCCC(=O)C[C@@H](CO[P+]([O-])(OCCCNC(=O)CCc1ccc(C(=O)c2ccccc2)cc1)OC1[C@H](O)[C@H](OP(=O)(O)O)C(OP(=O)(O)O)[C@H](OP(=O)(O)O)[C@H]1O)C(=O)CCCCCCCCCCCCCCC. The minimum absolute atomic E-state index is 0.0181. The lowest BCUT2D eigenvalue weighted by Crippen LogP contribution is -2.65. The van der Waals surface area contributed by atoms with Crippen LogP contribution in [0.15, 0.2) is 54.6 Å². The van der Waals surface area contributed by atoms with E-state index in [9.17, 15) is 77.3 Å². The number of aryl methyl sites for hydroxylation is 1. The molecule has 3 unspecified atom stereocenters. The summed E-state index contributed by atoms with van der Waals surface area (Å²) in [6.07, 6.45) is 11.6. The Morgan fingerprint density at radius 1 is 0.517 bits per heavy atom. The predicted octanol–water partition coefficient (Wildman–Crippen LogP) is 11.1. The van der Waals surface area contributed by atoms with E-state index >= 15 is 0 Å². The number of nitrogens with one attached hydrogen (secondary N) is 1. The van der Waals surface area contributed by atoms with Crippen LogP contribution in [0.2, 0.25) is 0 Å². The van der Waals surface area contributed by atoms with Gasteiger partial charge in [-0.2, -0.15) is 13.6 Å². The van der Waals surface area contributed by atoms with Crippen molar-refractivity contribution in [3.8, 4) is 0 Å². The summed E-state index contributed by atoms with van der Waals surface area (Å²) < 4.78 is 67.1. The number of amides is 1. The molecule has 0 aliphatic heterocycles. The average Bonchev–Trinajstić information content (AvgIpc) is 0.978. The summed E-state index contributed by atoms with van der Waals surface area (Å²) >= 11 is 0. The lowest BCUT2D eigenvalue weighted by Gasteiger charge is -2.46. The molecule has 0 radical (unpaired) electrons. The summed E-state index contributed by atoms with van der Waals surface area (Å²) in [6, 6.07) is 15.5. The third kappa shape index (κ3) is 35.2. The number of Topliss-reactive ketones (excluding diaryl/α,β-unsaturated/α-hetero) is 2. The van der Waals surface area contributed by atoms with Gasteiger partial charge in [0.25, 0.3) is 0 Å². The Morgan fingerprint density at radius 2 is 0.931 bits per heavy atom. The highest BCUT2D eigenvalue weighted by atomic mass is 31.2. The van der Waals surface area contributed by atoms with Gasteiger partial charge in [0, 0.05) is 43.4 Å². The van der Waals surface area contributed by atoms with Gasteiger partial charge in [-0.25, -0.2) is 13.7 Å². The maximum Gasteiger partial charge on any atom is 0.470 e. The first-order valence-electron chi connectivity index (χ1n) is 31.5. The van der Waals surface area contributed by atoms with Gasteiger partial charge in [0.15, 0.2) is 11.9 Å². The number of ketones is 3. The molecule has 1 saturated carbocycles. The van der Waals surface area contributed by atoms with Crippen LogP contribution in [0.3, 0.4) is 0 Å². The van der Waals surface area contributed by atoms with Crippen molar-refractivity contribution >= 4 is 54.9 Å². The summed E-state index contributed by atoms with van der Waals surface area (Å²) in [5.41, 5.74) is 1.76. The van der Waals surface area contributed by atoms with Gasteiger partial charge in [-0.05, 0) is 31.2 Å². The molecule has 1 fully saturated rings. The van der Waals surface area contributed by atoms with E-state index in [1.54, 1.807) is 54.6 Å². The molecule has 3 rings (SSSR count). The van der Waals surface area contributed by atoms with Crippen LogP contribution in [0.5, 0.6) is 0 Å². The topological polar surface area (TPSA) is 372 Å². The fourth-order valence-corrected chi connectivity index (χ4v) is 13.6. The number of hydrogen-bond donors (Lipinski definition) is 9. The van der Waals surface area contributed by atoms with Crippen molar-refractivity contribution in [2.45, 2.75) is 256 Å². The molecular formula is C60H101NO22P4. The first-order valence-corrected chi connectivity index (χ1v) is 37.6. The lowest BCUT2D eigenvalue weighted by molar-refractivity contribution is -0.275. The van der Waals surface area contributed by atoms with E-state index in [1.165, 1.54) is 89.9 Å². The van der Waals surface area contributed by atoms with Crippen molar-refractivity contribution in [1.29, 1.82) is 0 Å². The zero-order chi connectivity index (χ0) is 64.1. The van der Waals surface area contributed by atoms with E-state index in [4.69, 9.17) is 13.6 Å². The molecular weight excluding hydrogens is 1210 g/mol. The molecule has 0 aromatic heterocycles. The Kier molecular flexibility index (Phi) is 39.2. The number of carbonyl (C=O) groups is 4. The molecule has 1 amide bonds. The highest BCUT2D eigenvalue weighted by Crippen LogP contribution is 2.58. The average molecular weight is 1310 g/mol. The molecule has 27 heteroatoms. The summed E-state index contributed by atoms with van der Waals surface area (Å²) in [5, 5.41) is 25.7. The summed E-state index contributed by atoms with van der Waals surface area (Å²) in [4.78, 5) is 127. The largest absolute Gasteiger partial charge is 0.606 e. The molecule has 2 aromatic carbocycles. The highest BCUT2D eigenvalue weighted by molar-refractivity contribution is 7.54. The van der Waals surface area contributed by atoms with Crippen LogP contribution >= 0.6 is 31.6 Å². The second-order valence-electron chi connectivity index (χ2n) is 22.8. The normalized spacial score (nSPS) is 19.4. The highest BCUT2D eigenvalue weighted by Gasteiger charge is 2.60. The van der Waals surface area contributed by atoms with Gasteiger partial charge in [-0.15, -0.1) is 0 Å². The number of phosphoric acid groups is 4. The van der Waals surface area contributed by atoms with Crippen LogP contribution < -0.4 is 10.2 Å². The summed E-state index contributed by atoms with van der Waals surface area (Å²) in [6.45, 7) is 2.87. The van der Waals surface area contributed by atoms with Crippen LogP contribution in [0.25, 0.3) is 0 Å². The molecule has 87 heavy (non-hydrogen) atoms. The number of aliphatic hydroxyl groups is 2. The van der Waals surface area contributed by atoms with Gasteiger partial charge in [0.05, 0.1) is 12.5 Å². The van der Waals surface area contributed by atoms with E-state index in [0.29, 0.717) is 30.4 Å². The number of rotatable bonds is 52. The van der Waals surface area contributed by atoms with Gasteiger partial charge < -0.3 is 49.8 Å². The third-order valence-electron chi connectivity index (χ3n) is 15.3. The van der Waals surface area contributed by atoms with Crippen molar-refractivity contribution in [3.05, 3.63) is 71.3 Å². The second-order valence-corrected chi connectivity index (χ2v) is 28.0. The molecule has 0 spiro atoms. The Balaban J connectivity index is 1.80. The Hall–Kier alpha value is -2.56. The molecule has 1 aliphatic carbocycles. The first kappa shape index (κ1) is 78.7.